The van der Waals surface area contributed by atoms with Gasteiger partial charge < -0.3 is 18.9 Å². The molecule has 4 aromatic rings. The molecule has 41 heavy (non-hydrogen) atoms. The minimum Gasteiger partial charge on any atom is -0.375 e. The van der Waals surface area contributed by atoms with E-state index in [4.69, 9.17) is 37.1 Å². The average Bonchev–Trinajstić information content (AvgIpc) is 3.48. The van der Waals surface area contributed by atoms with Crippen LogP contribution in [0.1, 0.15) is 23.5 Å². The molecule has 2 aliphatic rings. The Bertz CT molecular complexity index is 1580. The van der Waals surface area contributed by atoms with Crippen molar-refractivity contribution in [1.82, 2.24) is 15.0 Å². The fourth-order valence-corrected chi connectivity index (χ4v) is 6.62. The molecular weight excluding hydrogens is 567 g/mol. The van der Waals surface area contributed by atoms with Gasteiger partial charge in [-0.2, -0.15) is 0 Å². The molecule has 6 atom stereocenters. The Labute approximate surface area is 246 Å². The average molecular weight is 593 g/mol. The summed E-state index contributed by atoms with van der Waals surface area (Å²) in [6, 6.07) is 19.3. The Balaban J connectivity index is 1.38. The lowest BCUT2D eigenvalue weighted by atomic mass is 9.95. The summed E-state index contributed by atoms with van der Waals surface area (Å²) in [5.41, 5.74) is 2.46. The molecule has 0 spiro atoms. The molecule has 210 valence electrons. The molecule has 3 heterocycles. The van der Waals surface area contributed by atoms with E-state index in [2.05, 4.69) is 15.2 Å². The maximum atomic E-state index is 14.4. The molecule has 2 saturated heterocycles. The van der Waals surface area contributed by atoms with E-state index in [0.29, 0.717) is 32.4 Å². The van der Waals surface area contributed by atoms with E-state index in [1.54, 1.807) is 49.2 Å². The molecule has 1 aromatic heterocycles. The highest BCUT2D eigenvalue weighted by molar-refractivity contribution is 8.00. The van der Waals surface area contributed by atoms with Gasteiger partial charge in [0.1, 0.15) is 41.3 Å². The summed E-state index contributed by atoms with van der Waals surface area (Å²) >= 11 is 7.63. The van der Waals surface area contributed by atoms with Gasteiger partial charge in [-0.15, -0.1) is 16.9 Å². The van der Waals surface area contributed by atoms with Crippen LogP contribution in [0.3, 0.4) is 0 Å². The zero-order chi connectivity index (χ0) is 28.5. The molecule has 0 amide bonds. The molecule has 6 rings (SSSR count). The SMILES string of the molecule is [C-]#[N+]c1ccc(Cl)cc1S[C@H]1OC2COC(c3ccccc3)O[C@@H]2[C@H](n2cc(-c3ccc(C)c(F)c3)nn2)C1OC. The lowest BCUT2D eigenvalue weighted by Crippen LogP contribution is -2.59. The van der Waals surface area contributed by atoms with E-state index >= 15 is 0 Å². The molecule has 0 saturated carbocycles. The fraction of sp³-hybridized carbons (Fsp3) is 0.300. The number of aromatic nitrogens is 3. The van der Waals surface area contributed by atoms with Gasteiger partial charge in [0.25, 0.3) is 0 Å². The van der Waals surface area contributed by atoms with Gasteiger partial charge in [0, 0.05) is 28.2 Å². The number of hydrogen-bond acceptors (Lipinski definition) is 7. The van der Waals surface area contributed by atoms with Crippen molar-refractivity contribution < 1.29 is 23.3 Å². The van der Waals surface area contributed by atoms with Crippen LogP contribution < -0.4 is 0 Å². The van der Waals surface area contributed by atoms with Gasteiger partial charge in [-0.25, -0.2) is 13.9 Å². The molecule has 2 fully saturated rings. The number of nitrogens with zero attached hydrogens (tertiary/aromatic N) is 4. The minimum atomic E-state index is -0.610. The summed E-state index contributed by atoms with van der Waals surface area (Å²) < 4.78 is 41.3. The van der Waals surface area contributed by atoms with E-state index in [-0.39, 0.29) is 12.4 Å². The Hall–Kier alpha value is -3.30. The normalized spacial score (nSPS) is 25.8. The van der Waals surface area contributed by atoms with E-state index in [1.165, 1.54) is 17.8 Å². The first-order valence-corrected chi connectivity index (χ1v) is 14.2. The van der Waals surface area contributed by atoms with Crippen LogP contribution in [0.15, 0.2) is 77.8 Å². The van der Waals surface area contributed by atoms with Gasteiger partial charge in [0.15, 0.2) is 6.29 Å². The second-order valence-corrected chi connectivity index (χ2v) is 11.4. The molecule has 3 aromatic carbocycles. The van der Waals surface area contributed by atoms with Gasteiger partial charge in [-0.3, -0.25) is 0 Å². The molecule has 2 aliphatic heterocycles. The van der Waals surface area contributed by atoms with Crippen LogP contribution >= 0.6 is 23.4 Å². The van der Waals surface area contributed by atoms with Crippen molar-refractivity contribution in [2.75, 3.05) is 13.7 Å². The summed E-state index contributed by atoms with van der Waals surface area (Å²) in [6.07, 6.45) is -0.395. The van der Waals surface area contributed by atoms with Crippen molar-refractivity contribution in [1.29, 1.82) is 0 Å². The molecule has 0 aliphatic carbocycles. The zero-order valence-electron chi connectivity index (χ0n) is 22.2. The van der Waals surface area contributed by atoms with Crippen molar-refractivity contribution in [3.8, 4) is 11.3 Å². The number of rotatable bonds is 6. The summed E-state index contributed by atoms with van der Waals surface area (Å²) in [7, 11) is 1.60. The van der Waals surface area contributed by atoms with E-state index < -0.39 is 36.1 Å². The van der Waals surface area contributed by atoms with Crippen molar-refractivity contribution in [2.45, 2.75) is 47.9 Å². The van der Waals surface area contributed by atoms with Gasteiger partial charge in [0.2, 0.25) is 5.69 Å². The van der Waals surface area contributed by atoms with Crippen molar-refractivity contribution in [3.05, 3.63) is 106 Å². The third-order valence-corrected chi connectivity index (χ3v) is 8.65. The van der Waals surface area contributed by atoms with Crippen molar-refractivity contribution in [2.24, 2.45) is 0 Å². The number of methoxy groups -OCH3 is 1. The molecule has 3 unspecified atom stereocenters. The predicted octanol–water partition coefficient (Wildman–Crippen LogP) is 6.78. The largest absolute Gasteiger partial charge is 0.375 e. The fourth-order valence-electron chi connectivity index (χ4n) is 5.10. The maximum Gasteiger partial charge on any atom is 0.200 e. The summed E-state index contributed by atoms with van der Waals surface area (Å²) in [5, 5.41) is 9.33. The standard InChI is InChI=1S/C30H26ClFN4O4S/c1-17-9-10-19(13-21(17)32)23-15-36(35-34-23)26-27-24(16-38-29(40-27)18-7-5-4-6-8-18)39-30(28(26)37-3)41-25-14-20(31)11-12-22(25)33-2/h4-15,24,26-30H,16H2,1,3H3/t24?,26-,27-,28?,29?,30+/m0/s1. The number of benzene rings is 3. The first-order chi connectivity index (χ1) is 19.9. The summed E-state index contributed by atoms with van der Waals surface area (Å²) in [5.74, 6) is -0.315. The quantitative estimate of drug-likeness (QED) is 0.228. The van der Waals surface area contributed by atoms with E-state index in [0.717, 1.165) is 5.56 Å². The molecule has 0 radical (unpaired) electrons. The van der Waals surface area contributed by atoms with Crippen LogP contribution in [0.25, 0.3) is 16.1 Å². The molecule has 8 nitrogen and oxygen atoms in total. The molecular formula is C30H26ClFN4O4S. The second kappa shape index (κ2) is 11.9. The third kappa shape index (κ3) is 5.62. The van der Waals surface area contributed by atoms with Crippen LogP contribution in [0.4, 0.5) is 10.1 Å². The lowest BCUT2D eigenvalue weighted by molar-refractivity contribution is -0.308. The maximum absolute atomic E-state index is 14.4. The smallest absolute Gasteiger partial charge is 0.200 e. The number of thioether (sulfide) groups is 1. The van der Waals surface area contributed by atoms with Crippen molar-refractivity contribution >= 4 is 29.1 Å². The van der Waals surface area contributed by atoms with Gasteiger partial charge in [0.05, 0.1) is 19.4 Å². The number of fused-ring (bicyclic) bond motifs is 1. The first-order valence-electron chi connectivity index (χ1n) is 13.0. The second-order valence-electron chi connectivity index (χ2n) is 9.80. The molecule has 0 bridgehead atoms. The topological polar surface area (TPSA) is 72.0 Å². The third-order valence-electron chi connectivity index (χ3n) is 7.22. The first kappa shape index (κ1) is 27.8. The Morgan fingerprint density at radius 2 is 1.95 bits per heavy atom. The van der Waals surface area contributed by atoms with Crippen molar-refractivity contribution in [3.63, 3.8) is 0 Å². The lowest BCUT2D eigenvalue weighted by Gasteiger charge is -2.48. The monoisotopic (exact) mass is 592 g/mol. The van der Waals surface area contributed by atoms with Crippen LogP contribution in [-0.2, 0) is 18.9 Å². The minimum absolute atomic E-state index is 0.268. The summed E-state index contributed by atoms with van der Waals surface area (Å²) in [4.78, 5) is 4.32. The zero-order valence-corrected chi connectivity index (χ0v) is 23.8. The highest BCUT2D eigenvalue weighted by Crippen LogP contribution is 2.46. The number of halogens is 2. The Morgan fingerprint density at radius 1 is 1.12 bits per heavy atom. The molecule has 0 N–H and O–H groups in total. The molecule has 11 heteroatoms. The number of aryl methyl sites for hydroxylation is 1. The van der Waals surface area contributed by atoms with E-state index in [9.17, 15) is 4.39 Å². The highest BCUT2D eigenvalue weighted by atomic mass is 35.5. The predicted molar refractivity (Wildman–Crippen MR) is 152 cm³/mol. The Kier molecular flexibility index (Phi) is 8.08. The van der Waals surface area contributed by atoms with Crippen LogP contribution in [0, 0.1) is 19.3 Å². The van der Waals surface area contributed by atoms with Gasteiger partial charge in [-0.05, 0) is 24.6 Å². The van der Waals surface area contributed by atoms with Crippen LogP contribution in [0.5, 0.6) is 0 Å². The van der Waals surface area contributed by atoms with Gasteiger partial charge in [-0.1, -0.05) is 71.4 Å². The Morgan fingerprint density at radius 3 is 2.71 bits per heavy atom. The number of hydrogen-bond donors (Lipinski definition) is 0. The van der Waals surface area contributed by atoms with Gasteiger partial charge >= 0.3 is 0 Å². The van der Waals surface area contributed by atoms with E-state index in [1.807, 2.05) is 36.4 Å². The highest BCUT2D eigenvalue weighted by Gasteiger charge is 2.52. The van der Waals surface area contributed by atoms with Crippen LogP contribution in [0.2, 0.25) is 5.02 Å². The van der Waals surface area contributed by atoms with Crippen LogP contribution in [-0.4, -0.2) is 52.5 Å². The summed E-state index contributed by atoms with van der Waals surface area (Å²) in [6.45, 7) is 9.59. The number of ether oxygens (including phenoxy) is 4.